The molecule has 1 amide bonds. The second-order valence-electron chi connectivity index (χ2n) is 7.54. The first-order chi connectivity index (χ1) is 16.0. The van der Waals surface area contributed by atoms with Gasteiger partial charge in [-0.2, -0.15) is 5.10 Å². The van der Waals surface area contributed by atoms with Crippen LogP contribution in [0.2, 0.25) is 0 Å². The number of nitrogens with one attached hydrogen (secondary N) is 1. The van der Waals surface area contributed by atoms with Crippen LogP contribution >= 0.6 is 0 Å². The fourth-order valence-corrected chi connectivity index (χ4v) is 2.81. The molecule has 0 aliphatic carbocycles. The van der Waals surface area contributed by atoms with Gasteiger partial charge in [-0.1, -0.05) is 56.3 Å². The minimum absolute atomic E-state index is 0.135. The normalized spacial score (nSPS) is 11.1. The monoisotopic (exact) mass is 442 g/mol. The Morgan fingerprint density at radius 2 is 1.55 bits per heavy atom. The van der Waals surface area contributed by atoms with Crippen LogP contribution in [0.25, 0.3) is 6.08 Å². The van der Waals surface area contributed by atoms with Crippen LogP contribution in [0, 0.1) is 0 Å². The van der Waals surface area contributed by atoms with Crippen molar-refractivity contribution in [3.05, 3.63) is 102 Å². The molecule has 0 aliphatic rings. The molecule has 168 valence electrons. The molecule has 1 N–H and O–H groups in total. The molecule has 0 saturated carbocycles. The number of nitrogens with zero attached hydrogens (tertiary/aromatic N) is 1. The number of hydrogen-bond donors (Lipinski definition) is 1. The van der Waals surface area contributed by atoms with E-state index in [9.17, 15) is 9.59 Å². The summed E-state index contributed by atoms with van der Waals surface area (Å²) in [4.78, 5) is 23.8. The number of hydrogen-bond acceptors (Lipinski definition) is 5. The Balaban J connectivity index is 1.41. The summed E-state index contributed by atoms with van der Waals surface area (Å²) in [6.45, 7) is 4.10. The molecule has 3 aromatic carbocycles. The minimum atomic E-state index is -0.466. The molecule has 0 heterocycles. The average Bonchev–Trinajstić information content (AvgIpc) is 2.83. The highest BCUT2D eigenvalue weighted by atomic mass is 16.5. The van der Waals surface area contributed by atoms with E-state index in [1.165, 1.54) is 17.9 Å². The van der Waals surface area contributed by atoms with Crippen molar-refractivity contribution in [2.24, 2.45) is 5.10 Å². The Labute approximate surface area is 193 Å². The Morgan fingerprint density at radius 1 is 0.879 bits per heavy atom. The summed E-state index contributed by atoms with van der Waals surface area (Å²) < 4.78 is 10.7. The molecule has 0 aromatic heterocycles. The lowest BCUT2D eigenvalue weighted by molar-refractivity contribution is -0.129. The maximum absolute atomic E-state index is 11.9. The summed E-state index contributed by atoms with van der Waals surface area (Å²) >= 11 is 0. The van der Waals surface area contributed by atoms with Crippen molar-refractivity contribution in [1.82, 2.24) is 5.43 Å². The summed E-state index contributed by atoms with van der Waals surface area (Å²) in [6.07, 6.45) is 4.56. The smallest absolute Gasteiger partial charge is 0.336 e. The molecule has 0 bridgehead atoms. The van der Waals surface area contributed by atoms with Crippen molar-refractivity contribution in [3.8, 4) is 11.5 Å². The van der Waals surface area contributed by atoms with Gasteiger partial charge in [0.05, 0.1) is 6.21 Å². The maximum atomic E-state index is 11.9. The lowest BCUT2D eigenvalue weighted by Crippen LogP contribution is -2.24. The molecule has 3 rings (SSSR count). The van der Waals surface area contributed by atoms with Crippen molar-refractivity contribution in [3.63, 3.8) is 0 Å². The van der Waals surface area contributed by atoms with Gasteiger partial charge in [0.1, 0.15) is 11.5 Å². The van der Waals surface area contributed by atoms with Gasteiger partial charge in [-0.3, -0.25) is 4.79 Å². The molecule has 3 aromatic rings. The first-order valence-corrected chi connectivity index (χ1v) is 10.6. The van der Waals surface area contributed by atoms with Gasteiger partial charge < -0.3 is 9.47 Å². The first kappa shape index (κ1) is 23.5. The summed E-state index contributed by atoms with van der Waals surface area (Å²) in [6, 6.07) is 23.9. The summed E-state index contributed by atoms with van der Waals surface area (Å²) in [5.74, 6) is 0.647. The molecule has 6 nitrogen and oxygen atoms in total. The highest BCUT2D eigenvalue weighted by Crippen LogP contribution is 2.18. The fraction of sp³-hybridized carbons (Fsp3) is 0.148. The van der Waals surface area contributed by atoms with Crippen molar-refractivity contribution in [2.45, 2.75) is 19.8 Å². The Hall–Kier alpha value is -4.19. The summed E-state index contributed by atoms with van der Waals surface area (Å²) in [5, 5.41) is 3.92. The van der Waals surface area contributed by atoms with Gasteiger partial charge in [0.25, 0.3) is 5.91 Å². The molecule has 0 fully saturated rings. The largest absolute Gasteiger partial charge is 0.484 e. The van der Waals surface area contributed by atoms with E-state index < -0.39 is 5.97 Å². The summed E-state index contributed by atoms with van der Waals surface area (Å²) in [7, 11) is 0. The zero-order chi connectivity index (χ0) is 23.5. The van der Waals surface area contributed by atoms with Gasteiger partial charge in [-0.25, -0.2) is 10.2 Å². The topological polar surface area (TPSA) is 77.0 Å². The first-order valence-electron chi connectivity index (χ1n) is 10.6. The molecule has 0 unspecified atom stereocenters. The van der Waals surface area contributed by atoms with Crippen LogP contribution in [-0.2, 0) is 9.59 Å². The van der Waals surface area contributed by atoms with E-state index in [2.05, 4.69) is 24.4 Å². The van der Waals surface area contributed by atoms with Crippen LogP contribution in [0.4, 0.5) is 0 Å². The third-order valence-corrected chi connectivity index (χ3v) is 4.63. The average molecular weight is 443 g/mol. The lowest BCUT2D eigenvalue weighted by Gasteiger charge is -2.08. The molecule has 33 heavy (non-hydrogen) atoms. The Morgan fingerprint density at radius 3 is 2.21 bits per heavy atom. The van der Waals surface area contributed by atoms with Crippen LogP contribution in [0.3, 0.4) is 0 Å². The zero-order valence-electron chi connectivity index (χ0n) is 18.6. The molecule has 0 aliphatic heterocycles. The van der Waals surface area contributed by atoms with Gasteiger partial charge in [0.15, 0.2) is 6.61 Å². The lowest BCUT2D eigenvalue weighted by atomic mass is 10.0. The van der Waals surface area contributed by atoms with Gasteiger partial charge in [-0.15, -0.1) is 0 Å². The van der Waals surface area contributed by atoms with Crippen molar-refractivity contribution in [2.75, 3.05) is 6.61 Å². The van der Waals surface area contributed by atoms with E-state index in [-0.39, 0.29) is 12.5 Å². The van der Waals surface area contributed by atoms with Gasteiger partial charge in [-0.05, 0) is 65.1 Å². The standard InChI is InChI=1S/C27H26N2O4/c1-20(2)23-11-15-24(16-12-23)32-19-26(30)29-28-18-22-8-13-25(14-9-22)33-27(31)17-10-21-6-4-3-5-7-21/h3-18,20H,19H2,1-2H3,(H,29,30)/b17-10+,28-18+. The quantitative estimate of drug-likeness (QED) is 0.167. The maximum Gasteiger partial charge on any atom is 0.336 e. The van der Waals surface area contributed by atoms with E-state index in [1.54, 1.807) is 30.3 Å². The highest BCUT2D eigenvalue weighted by molar-refractivity contribution is 5.89. The van der Waals surface area contributed by atoms with Crippen LogP contribution < -0.4 is 14.9 Å². The number of rotatable bonds is 9. The number of benzene rings is 3. The van der Waals surface area contributed by atoms with Gasteiger partial charge >= 0.3 is 5.97 Å². The number of hydrazone groups is 1. The third kappa shape index (κ3) is 8.10. The predicted molar refractivity (Wildman–Crippen MR) is 129 cm³/mol. The molecule has 0 saturated heterocycles. The van der Waals surface area contributed by atoms with Crippen molar-refractivity contribution >= 4 is 24.2 Å². The van der Waals surface area contributed by atoms with Crippen LogP contribution in [0.15, 0.2) is 90.0 Å². The zero-order valence-corrected chi connectivity index (χ0v) is 18.6. The second kappa shape index (κ2) is 12.0. The second-order valence-corrected chi connectivity index (χ2v) is 7.54. The van der Waals surface area contributed by atoms with E-state index in [0.717, 1.165) is 11.1 Å². The van der Waals surface area contributed by atoms with Crippen molar-refractivity contribution < 1.29 is 19.1 Å². The fourth-order valence-electron chi connectivity index (χ4n) is 2.81. The van der Waals surface area contributed by atoms with Gasteiger partial charge in [0, 0.05) is 6.08 Å². The van der Waals surface area contributed by atoms with Crippen LogP contribution in [0.1, 0.15) is 36.5 Å². The molecule has 0 radical (unpaired) electrons. The Kier molecular flexibility index (Phi) is 8.54. The Bertz CT molecular complexity index is 1100. The molecular formula is C27H26N2O4. The third-order valence-electron chi connectivity index (χ3n) is 4.63. The van der Waals surface area contributed by atoms with Crippen LogP contribution in [0.5, 0.6) is 11.5 Å². The SMILES string of the molecule is CC(C)c1ccc(OCC(=O)N/N=C/c2ccc(OC(=O)/C=C/c3ccccc3)cc2)cc1. The van der Waals surface area contributed by atoms with Gasteiger partial charge in [0.2, 0.25) is 0 Å². The minimum Gasteiger partial charge on any atom is -0.484 e. The number of carbonyl (C=O) groups excluding carboxylic acids is 2. The van der Waals surface area contributed by atoms with E-state index >= 15 is 0 Å². The van der Waals surface area contributed by atoms with Crippen LogP contribution in [-0.4, -0.2) is 24.7 Å². The van der Waals surface area contributed by atoms with E-state index in [0.29, 0.717) is 17.4 Å². The molecular weight excluding hydrogens is 416 g/mol. The highest BCUT2D eigenvalue weighted by Gasteiger charge is 2.04. The summed E-state index contributed by atoms with van der Waals surface area (Å²) in [5.41, 5.74) is 5.28. The number of esters is 1. The molecule has 0 spiro atoms. The number of amides is 1. The number of carbonyl (C=O) groups is 2. The molecule has 6 heteroatoms. The molecule has 0 atom stereocenters. The van der Waals surface area contributed by atoms with Crippen molar-refractivity contribution in [1.29, 1.82) is 0 Å². The predicted octanol–water partition coefficient (Wildman–Crippen LogP) is 4.96. The van der Waals surface area contributed by atoms with E-state index in [1.807, 2.05) is 54.6 Å². The van der Waals surface area contributed by atoms with E-state index in [4.69, 9.17) is 9.47 Å². The number of ether oxygens (including phenoxy) is 2.